The number of hydrogen-bond donors (Lipinski definition) is 1. The van der Waals surface area contributed by atoms with Gasteiger partial charge in [-0.3, -0.25) is 9.69 Å². The van der Waals surface area contributed by atoms with E-state index in [2.05, 4.69) is 76.4 Å². The Morgan fingerprint density at radius 2 is 1.64 bits per heavy atom. The number of carbonyl (C=O) groups is 1. The maximum absolute atomic E-state index is 10.7. The zero-order valence-corrected chi connectivity index (χ0v) is 16.3. The van der Waals surface area contributed by atoms with Crippen molar-refractivity contribution in [3.8, 4) is 0 Å². The maximum atomic E-state index is 10.7. The molecule has 2 aromatic carbocycles. The molecule has 5 heteroatoms. The maximum Gasteiger partial charge on any atom is 0.303 e. The summed E-state index contributed by atoms with van der Waals surface area (Å²) >= 11 is 0. The highest BCUT2D eigenvalue weighted by molar-refractivity contribution is 5.94. The standard InChI is InChI=1S/C23H27N3O2/c1-24-20-9-4-2-7-18(20)17-22(19-8-3-5-10-21(19)24)26-15-13-25(14-16-26)12-6-11-23(27)28/h2-5,7-10,17H,6,11-16H2,1H3,(H,27,28). The second-order valence-corrected chi connectivity index (χ2v) is 7.49. The van der Waals surface area contributed by atoms with Crippen LogP contribution in [0.3, 0.4) is 0 Å². The molecule has 2 aliphatic heterocycles. The van der Waals surface area contributed by atoms with Gasteiger partial charge in [0.15, 0.2) is 0 Å². The molecule has 146 valence electrons. The Labute approximate surface area is 166 Å². The van der Waals surface area contributed by atoms with Gasteiger partial charge in [-0.05, 0) is 31.2 Å². The van der Waals surface area contributed by atoms with Crippen molar-refractivity contribution in [2.24, 2.45) is 0 Å². The Kier molecular flexibility index (Phi) is 5.35. The average Bonchev–Trinajstić information content (AvgIpc) is 2.84. The molecule has 0 aliphatic carbocycles. The minimum atomic E-state index is -0.707. The molecule has 0 spiro atoms. The fourth-order valence-electron chi connectivity index (χ4n) is 4.18. The Bertz CT molecular complexity index is 885. The van der Waals surface area contributed by atoms with Crippen LogP contribution in [0.15, 0.2) is 48.5 Å². The van der Waals surface area contributed by atoms with Gasteiger partial charge >= 0.3 is 5.97 Å². The molecule has 0 saturated carbocycles. The highest BCUT2D eigenvalue weighted by Gasteiger charge is 2.25. The van der Waals surface area contributed by atoms with E-state index in [4.69, 9.17) is 5.11 Å². The van der Waals surface area contributed by atoms with E-state index in [0.717, 1.165) is 39.1 Å². The average molecular weight is 377 g/mol. The van der Waals surface area contributed by atoms with Crippen molar-refractivity contribution in [3.63, 3.8) is 0 Å². The zero-order valence-electron chi connectivity index (χ0n) is 16.3. The fraction of sp³-hybridized carbons (Fsp3) is 0.348. The van der Waals surface area contributed by atoms with Crippen molar-refractivity contribution >= 4 is 29.1 Å². The lowest BCUT2D eigenvalue weighted by molar-refractivity contribution is -0.137. The Morgan fingerprint density at radius 3 is 2.39 bits per heavy atom. The minimum Gasteiger partial charge on any atom is -0.481 e. The lowest BCUT2D eigenvalue weighted by Crippen LogP contribution is -2.45. The van der Waals surface area contributed by atoms with Crippen molar-refractivity contribution in [1.82, 2.24) is 9.80 Å². The molecule has 0 atom stereocenters. The number of hydrogen-bond acceptors (Lipinski definition) is 4. The van der Waals surface area contributed by atoms with Gasteiger partial charge in [0.05, 0.1) is 5.69 Å². The SMILES string of the molecule is CN1c2ccccc2C=C(N2CCN(CCCC(=O)O)CC2)c2ccccc21. The largest absolute Gasteiger partial charge is 0.481 e. The molecule has 0 aromatic heterocycles. The van der Waals surface area contributed by atoms with Crippen LogP contribution in [0.4, 0.5) is 11.4 Å². The molecule has 1 saturated heterocycles. The second kappa shape index (κ2) is 8.07. The Hall–Kier alpha value is -2.79. The van der Waals surface area contributed by atoms with Crippen molar-refractivity contribution in [1.29, 1.82) is 0 Å². The van der Waals surface area contributed by atoms with Crippen LogP contribution in [0.2, 0.25) is 0 Å². The van der Waals surface area contributed by atoms with Crippen LogP contribution in [0.25, 0.3) is 11.8 Å². The number of piperazine rings is 1. The molecule has 0 amide bonds. The number of anilines is 2. The summed E-state index contributed by atoms with van der Waals surface area (Å²) in [5, 5.41) is 8.84. The summed E-state index contributed by atoms with van der Waals surface area (Å²) in [6, 6.07) is 17.1. The number of fused-ring (bicyclic) bond motifs is 2. The van der Waals surface area contributed by atoms with Gasteiger partial charge in [-0.25, -0.2) is 0 Å². The van der Waals surface area contributed by atoms with Crippen LogP contribution in [0.5, 0.6) is 0 Å². The summed E-state index contributed by atoms with van der Waals surface area (Å²) in [6.07, 6.45) is 3.29. The number of rotatable bonds is 5. The van der Waals surface area contributed by atoms with Gasteiger partial charge in [0, 0.05) is 62.2 Å². The quantitative estimate of drug-likeness (QED) is 0.860. The predicted octanol–water partition coefficient (Wildman–Crippen LogP) is 3.75. The molecule has 2 heterocycles. The van der Waals surface area contributed by atoms with E-state index < -0.39 is 5.97 Å². The zero-order chi connectivity index (χ0) is 19.5. The first-order chi connectivity index (χ1) is 13.6. The van der Waals surface area contributed by atoms with Gasteiger partial charge in [-0.1, -0.05) is 36.4 Å². The minimum absolute atomic E-state index is 0.252. The van der Waals surface area contributed by atoms with Crippen LogP contribution in [0.1, 0.15) is 24.0 Å². The molecule has 2 aliphatic rings. The molecule has 0 unspecified atom stereocenters. The van der Waals surface area contributed by atoms with E-state index in [9.17, 15) is 4.79 Å². The second-order valence-electron chi connectivity index (χ2n) is 7.49. The summed E-state index contributed by atoms with van der Waals surface area (Å²) in [6.45, 7) is 4.72. The molecule has 1 N–H and O–H groups in total. The molecule has 28 heavy (non-hydrogen) atoms. The number of aliphatic carboxylic acids is 1. The van der Waals surface area contributed by atoms with E-state index in [0.29, 0.717) is 0 Å². The van der Waals surface area contributed by atoms with Gasteiger partial charge in [0.1, 0.15) is 0 Å². The first kappa shape index (κ1) is 18.6. The lowest BCUT2D eigenvalue weighted by Gasteiger charge is -2.37. The smallest absolute Gasteiger partial charge is 0.303 e. The topological polar surface area (TPSA) is 47.0 Å². The van der Waals surface area contributed by atoms with Crippen LogP contribution >= 0.6 is 0 Å². The van der Waals surface area contributed by atoms with Crippen molar-refractivity contribution in [3.05, 3.63) is 59.7 Å². The fourth-order valence-corrected chi connectivity index (χ4v) is 4.18. The molecule has 0 radical (unpaired) electrons. The highest BCUT2D eigenvalue weighted by atomic mass is 16.4. The predicted molar refractivity (Wildman–Crippen MR) is 114 cm³/mol. The molecule has 4 rings (SSSR count). The third kappa shape index (κ3) is 3.76. The van der Waals surface area contributed by atoms with Crippen molar-refractivity contribution < 1.29 is 9.90 Å². The number of benzene rings is 2. The van der Waals surface area contributed by atoms with Crippen LogP contribution in [-0.4, -0.2) is 60.6 Å². The molecule has 0 bridgehead atoms. The van der Waals surface area contributed by atoms with Crippen LogP contribution in [-0.2, 0) is 4.79 Å². The number of carboxylic acids is 1. The normalized spacial score (nSPS) is 16.8. The molecule has 1 fully saturated rings. The van der Waals surface area contributed by atoms with Crippen LogP contribution in [0, 0.1) is 0 Å². The monoisotopic (exact) mass is 377 g/mol. The number of nitrogens with zero attached hydrogens (tertiary/aromatic N) is 3. The van der Waals surface area contributed by atoms with E-state index in [-0.39, 0.29) is 6.42 Å². The Balaban J connectivity index is 1.57. The number of para-hydroxylation sites is 2. The van der Waals surface area contributed by atoms with Crippen molar-refractivity contribution in [2.75, 3.05) is 44.7 Å². The van der Waals surface area contributed by atoms with Gasteiger partial charge < -0.3 is 14.9 Å². The van der Waals surface area contributed by atoms with E-state index in [1.165, 1.54) is 28.2 Å². The summed E-state index contributed by atoms with van der Waals surface area (Å²) in [4.78, 5) is 17.9. The third-order valence-corrected chi connectivity index (χ3v) is 5.71. The van der Waals surface area contributed by atoms with E-state index in [1.807, 2.05) is 0 Å². The molecular formula is C23H27N3O2. The summed E-state index contributed by atoms with van der Waals surface area (Å²) in [7, 11) is 2.13. The molecule has 2 aromatic rings. The van der Waals surface area contributed by atoms with E-state index in [1.54, 1.807) is 0 Å². The Morgan fingerprint density at radius 1 is 0.964 bits per heavy atom. The summed E-state index contributed by atoms with van der Waals surface area (Å²) in [5.74, 6) is -0.707. The molecule has 5 nitrogen and oxygen atoms in total. The number of carboxylic acid groups (broad SMARTS) is 1. The van der Waals surface area contributed by atoms with Crippen LogP contribution < -0.4 is 4.90 Å². The third-order valence-electron chi connectivity index (χ3n) is 5.71. The van der Waals surface area contributed by atoms with Gasteiger partial charge in [-0.15, -0.1) is 0 Å². The summed E-state index contributed by atoms with van der Waals surface area (Å²) in [5.41, 5.74) is 6.22. The van der Waals surface area contributed by atoms with Crippen molar-refractivity contribution in [2.45, 2.75) is 12.8 Å². The molecular weight excluding hydrogens is 350 g/mol. The highest BCUT2D eigenvalue weighted by Crippen LogP contribution is 2.39. The first-order valence-electron chi connectivity index (χ1n) is 9.96. The summed E-state index contributed by atoms with van der Waals surface area (Å²) < 4.78 is 0. The lowest BCUT2D eigenvalue weighted by atomic mass is 10.1. The first-order valence-corrected chi connectivity index (χ1v) is 9.96. The van der Waals surface area contributed by atoms with Gasteiger partial charge in [0.25, 0.3) is 0 Å². The van der Waals surface area contributed by atoms with Gasteiger partial charge in [0.2, 0.25) is 0 Å². The van der Waals surface area contributed by atoms with E-state index >= 15 is 0 Å². The van der Waals surface area contributed by atoms with Gasteiger partial charge in [-0.2, -0.15) is 0 Å².